The molecule has 536 valence electrons. The van der Waals surface area contributed by atoms with Gasteiger partial charge in [-0.3, -0.25) is 53.3 Å². The summed E-state index contributed by atoms with van der Waals surface area (Å²) >= 11 is 0. The lowest BCUT2D eigenvalue weighted by Crippen LogP contribution is -2.62. The Morgan fingerprint density at radius 1 is 0.424 bits per heavy atom. The highest BCUT2D eigenvalue weighted by molar-refractivity contribution is 5.99. The molecule has 0 aliphatic heterocycles. The molecule has 3 aromatic carbocycles. The number of nitrogens with zero attached hydrogens (tertiary/aromatic N) is 3. The number of fused-ring (bicyclic) bond motifs is 3. The lowest BCUT2D eigenvalue weighted by atomic mass is 9.95. The lowest BCUT2D eigenvalue weighted by Gasteiger charge is -2.30. The van der Waals surface area contributed by atoms with E-state index in [2.05, 4.69) is 72.5 Å². The number of carbonyl (C=O) groups excluding carboxylic acids is 8. The molecule has 10 atom stereocenters. The van der Waals surface area contributed by atoms with Crippen LogP contribution in [0.2, 0.25) is 0 Å². The fraction of sp³-hybridized carbons (Fsp3) is 0.471. The molecule has 31 heteroatoms. The van der Waals surface area contributed by atoms with Crippen molar-refractivity contribution in [1.29, 1.82) is 0 Å². The normalized spacial score (nSPS) is 14.4. The molecule has 0 fully saturated rings. The number of guanidine groups is 3. The van der Waals surface area contributed by atoms with Gasteiger partial charge in [0.05, 0.1) is 6.04 Å². The van der Waals surface area contributed by atoms with Crippen LogP contribution in [0, 0.1) is 17.8 Å². The van der Waals surface area contributed by atoms with Gasteiger partial charge in [-0.1, -0.05) is 103 Å². The van der Waals surface area contributed by atoms with Gasteiger partial charge in [0.15, 0.2) is 17.9 Å². The van der Waals surface area contributed by atoms with Crippen LogP contribution in [0.15, 0.2) is 106 Å². The number of carboxylic acid groups (broad SMARTS) is 1. The standard InChI is InChI=1S/C68H99N21O10/c1-7-38(6)56(64(97)86-53(31-40-34-80-47-22-12-9-18-43(40)47)61(94)88-55(37(4)5)63(96)85-51(29-36(2)3)60(93)87-54(65(98)99)32-41-35-81-48-23-13-10-19-44(41)48)89-62(95)52(30-39-33-79-46-21-11-8-17-42(39)46)84-59(92)50(25-16-28-78-68(74)75)83-58(91)49(24-15-27-77-67(72)73)82-57(90)45(69)20-14-26-76-66(70)71/h8-13,17-19,21-23,33-38,45,49-56,79-81H,7,14-16,20,24-32,69H2,1-6H3,(H,82,90)(H,83,91)(H,84,92)(H,85,96)(H,86,97)(H,87,93)(H,88,94)(H,89,95)(H,98,99)(H4,70,71,76)(H4,72,73,77)(H4,74,75,78)/t38-,45-,49-,50-,51-,52-,53-,54-,55-,56-/m0/s1. The van der Waals surface area contributed by atoms with Crippen LogP contribution in [0.4, 0.5) is 0 Å². The predicted octanol–water partition coefficient (Wildman–Crippen LogP) is 0.358. The van der Waals surface area contributed by atoms with Crippen LogP contribution < -0.4 is 82.7 Å². The second kappa shape index (κ2) is 37.7. The summed E-state index contributed by atoms with van der Waals surface area (Å²) in [6, 6.07) is 10.1. The highest BCUT2D eigenvalue weighted by atomic mass is 16.4. The molecule has 26 N–H and O–H groups in total. The van der Waals surface area contributed by atoms with Crippen molar-refractivity contribution in [3.8, 4) is 0 Å². The summed E-state index contributed by atoms with van der Waals surface area (Å²) in [6.45, 7) is 10.9. The van der Waals surface area contributed by atoms with Crippen molar-refractivity contribution >= 4 is 104 Å². The summed E-state index contributed by atoms with van der Waals surface area (Å²) in [5, 5.41) is 34.9. The van der Waals surface area contributed by atoms with E-state index in [1.807, 2.05) is 80.6 Å². The van der Waals surface area contributed by atoms with Gasteiger partial charge < -0.3 is 103 Å². The number of aliphatic imine (C=N–C) groups is 3. The zero-order valence-corrected chi connectivity index (χ0v) is 57.0. The number of aromatic amines is 3. The number of carbonyl (C=O) groups is 9. The topological polar surface area (TPSA) is 537 Å². The highest BCUT2D eigenvalue weighted by Crippen LogP contribution is 2.24. The molecule has 0 aliphatic rings. The Balaban J connectivity index is 1.29. The molecule has 6 aromatic rings. The molecule has 3 aromatic heterocycles. The molecule has 0 aliphatic carbocycles. The van der Waals surface area contributed by atoms with Crippen LogP contribution >= 0.6 is 0 Å². The van der Waals surface area contributed by atoms with E-state index >= 15 is 14.4 Å². The zero-order chi connectivity index (χ0) is 72.5. The van der Waals surface area contributed by atoms with Crippen molar-refractivity contribution in [2.75, 3.05) is 19.6 Å². The molecule has 31 nitrogen and oxygen atoms in total. The third-order valence-corrected chi connectivity index (χ3v) is 17.0. The van der Waals surface area contributed by atoms with Gasteiger partial charge in [-0.15, -0.1) is 0 Å². The molecule has 6 rings (SSSR count). The smallest absolute Gasteiger partial charge is 0.326 e. The molecule has 99 heavy (non-hydrogen) atoms. The SMILES string of the molecule is CC[C@H](C)[C@H](NC(=O)[C@H](Cc1c[nH]c2ccccc12)NC(=O)[C@H](CCCN=C(N)N)NC(=O)[C@H](CCCN=C(N)N)NC(=O)[C@@H](N)CCCN=C(N)N)C(=O)N[C@@H](Cc1c[nH]c2ccccc12)C(=O)N[C@H](C(=O)N[C@@H](CC(C)C)C(=O)N[C@@H](Cc1c[nH]c2ccccc12)C(=O)O)C(C)C. The van der Waals surface area contributed by atoms with Crippen molar-refractivity contribution in [1.82, 2.24) is 57.5 Å². The Labute approximate surface area is 574 Å². The monoisotopic (exact) mass is 1370 g/mol. The van der Waals surface area contributed by atoms with Crippen LogP contribution in [-0.4, -0.2) is 165 Å². The van der Waals surface area contributed by atoms with Gasteiger partial charge in [-0.05, 0) is 97.6 Å². The van der Waals surface area contributed by atoms with Gasteiger partial charge in [0, 0.05) is 90.2 Å². The first-order valence-electron chi connectivity index (χ1n) is 33.4. The second-order valence-electron chi connectivity index (χ2n) is 25.6. The van der Waals surface area contributed by atoms with Crippen molar-refractivity contribution in [3.05, 3.63) is 108 Å². The first kappa shape index (κ1) is 77.3. The minimum Gasteiger partial charge on any atom is -0.480 e. The van der Waals surface area contributed by atoms with Crippen LogP contribution in [0.1, 0.15) is 110 Å². The number of para-hydroxylation sites is 3. The van der Waals surface area contributed by atoms with Crippen LogP contribution in [-0.2, 0) is 62.4 Å². The first-order chi connectivity index (χ1) is 47.1. The number of hydrogen-bond acceptors (Lipinski definition) is 13. The molecule has 0 saturated heterocycles. The summed E-state index contributed by atoms with van der Waals surface area (Å²) in [7, 11) is 0. The summed E-state index contributed by atoms with van der Waals surface area (Å²) in [5.74, 6) is -9.41. The van der Waals surface area contributed by atoms with Crippen LogP contribution in [0.25, 0.3) is 32.7 Å². The molecule has 0 bridgehead atoms. The Morgan fingerprint density at radius 3 is 1.16 bits per heavy atom. The molecule has 0 radical (unpaired) electrons. The van der Waals surface area contributed by atoms with Crippen molar-refractivity contribution < 1.29 is 48.3 Å². The van der Waals surface area contributed by atoms with Gasteiger partial charge >= 0.3 is 5.97 Å². The van der Waals surface area contributed by atoms with Gasteiger partial charge in [-0.2, -0.15) is 0 Å². The number of amides is 8. The largest absolute Gasteiger partial charge is 0.480 e. The molecule has 3 heterocycles. The summed E-state index contributed by atoms with van der Waals surface area (Å²) in [6.07, 6.45) is 5.92. The quantitative estimate of drug-likeness (QED) is 0.0140. The van der Waals surface area contributed by atoms with Gasteiger partial charge in [-0.25, -0.2) is 4.79 Å². The minimum absolute atomic E-state index is 0.00853. The van der Waals surface area contributed by atoms with Crippen LogP contribution in [0.5, 0.6) is 0 Å². The Kier molecular flexibility index (Phi) is 29.4. The maximum Gasteiger partial charge on any atom is 0.326 e. The Morgan fingerprint density at radius 2 is 0.758 bits per heavy atom. The van der Waals surface area contributed by atoms with Gasteiger partial charge in [0.2, 0.25) is 47.3 Å². The number of hydrogen-bond donors (Lipinski definition) is 19. The molecule has 0 spiro atoms. The summed E-state index contributed by atoms with van der Waals surface area (Å²) < 4.78 is 0. The average Bonchev–Trinajstić information content (AvgIpc) is 1.72. The molecule has 0 unspecified atom stereocenters. The zero-order valence-electron chi connectivity index (χ0n) is 57.0. The molecular weight excluding hydrogens is 1270 g/mol. The maximum absolute atomic E-state index is 15.3. The third kappa shape index (κ3) is 23.5. The average molecular weight is 1370 g/mol. The second-order valence-corrected chi connectivity index (χ2v) is 25.6. The number of benzene rings is 3. The number of nitrogens with one attached hydrogen (secondary N) is 11. The van der Waals surface area contributed by atoms with E-state index < -0.39 is 119 Å². The predicted molar refractivity (Wildman–Crippen MR) is 381 cm³/mol. The van der Waals surface area contributed by atoms with E-state index in [-0.39, 0.29) is 101 Å². The lowest BCUT2D eigenvalue weighted by molar-refractivity contribution is -0.142. The summed E-state index contributed by atoms with van der Waals surface area (Å²) in [4.78, 5) is 151. The number of carboxylic acids is 1. The van der Waals surface area contributed by atoms with E-state index in [1.54, 1.807) is 52.4 Å². The van der Waals surface area contributed by atoms with E-state index in [0.29, 0.717) is 29.5 Å². The van der Waals surface area contributed by atoms with Crippen LogP contribution in [0.3, 0.4) is 0 Å². The number of H-pyrrole nitrogens is 3. The fourth-order valence-electron chi connectivity index (χ4n) is 11.4. The molecule has 0 saturated carbocycles. The summed E-state index contributed by atoms with van der Waals surface area (Å²) in [5.41, 5.74) is 43.7. The first-order valence-corrected chi connectivity index (χ1v) is 33.4. The van der Waals surface area contributed by atoms with E-state index in [0.717, 1.165) is 32.7 Å². The maximum atomic E-state index is 15.3. The number of aromatic nitrogens is 3. The third-order valence-electron chi connectivity index (χ3n) is 17.0. The minimum atomic E-state index is -1.45. The van der Waals surface area contributed by atoms with E-state index in [9.17, 15) is 33.9 Å². The van der Waals surface area contributed by atoms with Crippen molar-refractivity contribution in [3.63, 3.8) is 0 Å². The van der Waals surface area contributed by atoms with E-state index in [1.165, 1.54) is 0 Å². The van der Waals surface area contributed by atoms with Gasteiger partial charge in [0.1, 0.15) is 48.3 Å². The van der Waals surface area contributed by atoms with Gasteiger partial charge in [0.25, 0.3) is 0 Å². The fourth-order valence-corrected chi connectivity index (χ4v) is 11.4. The van der Waals surface area contributed by atoms with Crippen molar-refractivity contribution in [2.45, 2.75) is 167 Å². The molecule has 8 amide bonds. The van der Waals surface area contributed by atoms with Crippen molar-refractivity contribution in [2.24, 2.45) is 72.9 Å². The molecular formula is C68H99N21O10. The van der Waals surface area contributed by atoms with E-state index in [4.69, 9.17) is 40.1 Å². The Hall–Kier alpha value is -10.7. The Bertz CT molecular complexity index is 3830. The number of aliphatic carboxylic acids is 1. The number of rotatable bonds is 40. The number of nitrogens with two attached hydrogens (primary N) is 7. The highest BCUT2D eigenvalue weighted by Gasteiger charge is 2.38.